The van der Waals surface area contributed by atoms with Crippen LogP contribution in [-0.2, 0) is 6.54 Å². The summed E-state index contributed by atoms with van der Waals surface area (Å²) in [6, 6.07) is 10.2. The van der Waals surface area contributed by atoms with Gasteiger partial charge < -0.3 is 14.8 Å². The smallest absolute Gasteiger partial charge is 0.167 e. The molecule has 0 unspecified atom stereocenters. The lowest BCUT2D eigenvalue weighted by Gasteiger charge is -2.12. The van der Waals surface area contributed by atoms with Crippen molar-refractivity contribution in [2.45, 2.75) is 13.5 Å². The van der Waals surface area contributed by atoms with E-state index in [0.29, 0.717) is 23.9 Å². The van der Waals surface area contributed by atoms with E-state index in [1.807, 2.05) is 13.0 Å². The van der Waals surface area contributed by atoms with Crippen LogP contribution in [0.3, 0.4) is 0 Å². The zero-order valence-corrected chi connectivity index (χ0v) is 12.7. The van der Waals surface area contributed by atoms with Crippen molar-refractivity contribution in [1.82, 2.24) is 0 Å². The number of rotatable bonds is 6. The first kappa shape index (κ1) is 15.4. The molecule has 0 aliphatic rings. The second kappa shape index (κ2) is 7.18. The lowest BCUT2D eigenvalue weighted by Crippen LogP contribution is -2.03. The first-order chi connectivity index (χ1) is 10.1. The maximum Gasteiger partial charge on any atom is 0.167 e. The second-order valence-corrected chi connectivity index (χ2v) is 4.82. The van der Waals surface area contributed by atoms with Crippen molar-refractivity contribution in [2.75, 3.05) is 19.0 Å². The fourth-order valence-corrected chi connectivity index (χ4v) is 2.16. The minimum absolute atomic E-state index is 0.253. The molecule has 1 N–H and O–H groups in total. The Balaban J connectivity index is 2.09. The van der Waals surface area contributed by atoms with Crippen LogP contribution < -0.4 is 14.8 Å². The molecule has 5 heteroatoms. The average Bonchev–Trinajstić information content (AvgIpc) is 2.48. The van der Waals surface area contributed by atoms with Gasteiger partial charge in [-0.15, -0.1) is 0 Å². The number of ether oxygens (including phenoxy) is 2. The molecule has 21 heavy (non-hydrogen) atoms. The Morgan fingerprint density at radius 3 is 2.57 bits per heavy atom. The van der Waals surface area contributed by atoms with Crippen LogP contribution in [0.2, 0.25) is 5.02 Å². The summed E-state index contributed by atoms with van der Waals surface area (Å²) in [6.07, 6.45) is 0. The van der Waals surface area contributed by atoms with Crippen LogP contribution in [0.25, 0.3) is 0 Å². The van der Waals surface area contributed by atoms with Gasteiger partial charge in [-0.1, -0.05) is 11.6 Å². The monoisotopic (exact) mass is 309 g/mol. The largest absolute Gasteiger partial charge is 0.496 e. The predicted octanol–water partition coefficient (Wildman–Crippen LogP) is 4.50. The summed E-state index contributed by atoms with van der Waals surface area (Å²) in [7, 11) is 1.60. The van der Waals surface area contributed by atoms with Crippen LogP contribution in [0, 0.1) is 5.82 Å². The standard InChI is InChI=1S/C16H17ClFNO2/c1-3-21-16-7-5-13(9-14(16)18)19-10-11-8-12(17)4-6-15(11)20-2/h4-9,19H,3,10H2,1-2H3. The molecule has 0 aliphatic carbocycles. The molecular weight excluding hydrogens is 293 g/mol. The van der Waals surface area contributed by atoms with Crippen LogP contribution in [0.15, 0.2) is 36.4 Å². The van der Waals surface area contributed by atoms with E-state index in [1.54, 1.807) is 31.4 Å². The number of hydrogen-bond donors (Lipinski definition) is 1. The highest BCUT2D eigenvalue weighted by Crippen LogP contribution is 2.25. The lowest BCUT2D eigenvalue weighted by atomic mass is 10.2. The normalized spacial score (nSPS) is 10.3. The first-order valence-electron chi connectivity index (χ1n) is 6.62. The van der Waals surface area contributed by atoms with E-state index in [9.17, 15) is 4.39 Å². The number of methoxy groups -OCH3 is 1. The molecule has 0 aromatic heterocycles. The van der Waals surface area contributed by atoms with Gasteiger partial charge in [-0.25, -0.2) is 4.39 Å². The van der Waals surface area contributed by atoms with Crippen molar-refractivity contribution in [1.29, 1.82) is 0 Å². The van der Waals surface area contributed by atoms with Crippen LogP contribution >= 0.6 is 11.6 Å². The Morgan fingerprint density at radius 2 is 1.90 bits per heavy atom. The van der Waals surface area contributed by atoms with Gasteiger partial charge in [-0.2, -0.15) is 0 Å². The summed E-state index contributed by atoms with van der Waals surface area (Å²) in [6.45, 7) is 2.73. The topological polar surface area (TPSA) is 30.5 Å². The number of anilines is 1. The SMILES string of the molecule is CCOc1ccc(NCc2cc(Cl)ccc2OC)cc1F. The maximum absolute atomic E-state index is 13.8. The number of nitrogens with one attached hydrogen (secondary N) is 1. The molecule has 0 radical (unpaired) electrons. The predicted molar refractivity (Wildman–Crippen MR) is 82.9 cm³/mol. The highest BCUT2D eigenvalue weighted by molar-refractivity contribution is 6.30. The van der Waals surface area contributed by atoms with Crippen molar-refractivity contribution < 1.29 is 13.9 Å². The molecule has 0 spiro atoms. The van der Waals surface area contributed by atoms with Crippen molar-refractivity contribution >= 4 is 17.3 Å². The first-order valence-corrected chi connectivity index (χ1v) is 7.00. The fourth-order valence-electron chi connectivity index (χ4n) is 1.97. The number of halogens is 2. The molecule has 0 saturated carbocycles. The van der Waals surface area contributed by atoms with Gasteiger partial charge in [0.25, 0.3) is 0 Å². The summed E-state index contributed by atoms with van der Waals surface area (Å²) in [4.78, 5) is 0. The van der Waals surface area contributed by atoms with E-state index < -0.39 is 0 Å². The van der Waals surface area contributed by atoms with Gasteiger partial charge in [-0.3, -0.25) is 0 Å². The highest BCUT2D eigenvalue weighted by atomic mass is 35.5. The average molecular weight is 310 g/mol. The molecule has 0 atom stereocenters. The van der Waals surface area contributed by atoms with Crippen LogP contribution in [0.1, 0.15) is 12.5 Å². The van der Waals surface area contributed by atoms with Crippen molar-refractivity contribution in [3.05, 3.63) is 52.8 Å². The van der Waals surface area contributed by atoms with Gasteiger partial charge in [0.1, 0.15) is 5.75 Å². The van der Waals surface area contributed by atoms with Gasteiger partial charge in [-0.05, 0) is 37.3 Å². The molecule has 0 saturated heterocycles. The van der Waals surface area contributed by atoms with Crippen molar-refractivity contribution in [3.8, 4) is 11.5 Å². The molecule has 0 bridgehead atoms. The van der Waals surface area contributed by atoms with E-state index in [4.69, 9.17) is 21.1 Å². The quantitative estimate of drug-likeness (QED) is 0.852. The van der Waals surface area contributed by atoms with E-state index >= 15 is 0 Å². The van der Waals surface area contributed by atoms with Crippen LogP contribution in [-0.4, -0.2) is 13.7 Å². The highest BCUT2D eigenvalue weighted by Gasteiger charge is 2.06. The minimum atomic E-state index is -0.389. The lowest BCUT2D eigenvalue weighted by molar-refractivity contribution is 0.321. The van der Waals surface area contributed by atoms with E-state index in [-0.39, 0.29) is 11.6 Å². The zero-order valence-electron chi connectivity index (χ0n) is 12.0. The Bertz CT molecular complexity index is 619. The van der Waals surface area contributed by atoms with Crippen molar-refractivity contribution in [2.24, 2.45) is 0 Å². The molecule has 0 heterocycles. The molecule has 0 fully saturated rings. The summed E-state index contributed by atoms with van der Waals surface area (Å²) >= 11 is 5.98. The van der Waals surface area contributed by atoms with E-state index in [1.165, 1.54) is 6.07 Å². The Hall–Kier alpha value is -1.94. The summed E-state index contributed by atoms with van der Waals surface area (Å²) < 4.78 is 24.2. The van der Waals surface area contributed by atoms with E-state index in [2.05, 4.69) is 5.32 Å². The summed E-state index contributed by atoms with van der Waals surface area (Å²) in [5.41, 5.74) is 1.57. The van der Waals surface area contributed by atoms with Gasteiger partial charge in [0.05, 0.1) is 13.7 Å². The molecule has 2 rings (SSSR count). The fraction of sp³-hybridized carbons (Fsp3) is 0.250. The van der Waals surface area contributed by atoms with Gasteiger partial charge in [0.15, 0.2) is 11.6 Å². The number of hydrogen-bond acceptors (Lipinski definition) is 3. The van der Waals surface area contributed by atoms with Gasteiger partial charge >= 0.3 is 0 Å². The Kier molecular flexibility index (Phi) is 5.28. The molecule has 2 aromatic carbocycles. The van der Waals surface area contributed by atoms with Gasteiger partial charge in [0, 0.05) is 28.9 Å². The maximum atomic E-state index is 13.8. The van der Waals surface area contributed by atoms with Crippen molar-refractivity contribution in [3.63, 3.8) is 0 Å². The molecule has 3 nitrogen and oxygen atoms in total. The van der Waals surface area contributed by atoms with E-state index in [0.717, 1.165) is 11.3 Å². The molecule has 0 aliphatic heterocycles. The summed E-state index contributed by atoms with van der Waals surface area (Å²) in [5.74, 6) is 0.599. The molecule has 2 aromatic rings. The minimum Gasteiger partial charge on any atom is -0.496 e. The second-order valence-electron chi connectivity index (χ2n) is 4.39. The third-order valence-electron chi connectivity index (χ3n) is 2.96. The zero-order chi connectivity index (χ0) is 15.2. The molecular formula is C16H17ClFNO2. The Morgan fingerprint density at radius 1 is 1.14 bits per heavy atom. The summed E-state index contributed by atoms with van der Waals surface area (Å²) in [5, 5.41) is 3.77. The third kappa shape index (κ3) is 4.02. The van der Waals surface area contributed by atoms with Gasteiger partial charge in [0.2, 0.25) is 0 Å². The third-order valence-corrected chi connectivity index (χ3v) is 3.19. The molecule has 112 valence electrons. The van der Waals surface area contributed by atoms with Crippen LogP contribution in [0.4, 0.5) is 10.1 Å². The van der Waals surface area contributed by atoms with Crippen LogP contribution in [0.5, 0.6) is 11.5 Å². The molecule has 0 amide bonds. The number of benzene rings is 2. The Labute approximate surface area is 128 Å².